The zero-order chi connectivity index (χ0) is 13.9. The maximum absolute atomic E-state index is 11.0. The third kappa shape index (κ3) is 3.55. The molecule has 0 spiro atoms. The van der Waals surface area contributed by atoms with Crippen molar-refractivity contribution in [2.24, 2.45) is 5.73 Å². The number of nitrogens with one attached hydrogen (secondary N) is 1. The average molecular weight is 256 g/mol. The summed E-state index contributed by atoms with van der Waals surface area (Å²) in [6.45, 7) is 4.70. The lowest BCUT2D eigenvalue weighted by Crippen LogP contribution is -2.42. The van der Waals surface area contributed by atoms with Gasteiger partial charge < -0.3 is 11.1 Å². The molecule has 0 aromatic heterocycles. The highest BCUT2D eigenvalue weighted by Gasteiger charge is 2.19. The van der Waals surface area contributed by atoms with Gasteiger partial charge in [-0.1, -0.05) is 42.5 Å². The normalized spacial score (nSPS) is 11.7. The number of carbonyl (C=O) groups is 1. The molecule has 19 heavy (non-hydrogen) atoms. The van der Waals surface area contributed by atoms with Gasteiger partial charge in [-0.3, -0.25) is 4.79 Å². The Hall–Kier alpha value is -1.87. The van der Waals surface area contributed by atoms with E-state index in [9.17, 15) is 4.79 Å². The molecule has 0 fully saturated rings. The maximum Gasteiger partial charge on any atom is 0.219 e. The third-order valence-corrected chi connectivity index (χ3v) is 3.25. The molecule has 0 aliphatic carbocycles. The van der Waals surface area contributed by atoms with Crippen LogP contribution in [0.3, 0.4) is 0 Å². The van der Waals surface area contributed by atoms with Crippen molar-refractivity contribution in [3.05, 3.63) is 48.0 Å². The Bertz CT molecular complexity index is 585. The average Bonchev–Trinajstić information content (AvgIpc) is 2.35. The largest absolute Gasteiger partial charge is 0.370 e. The van der Waals surface area contributed by atoms with Gasteiger partial charge in [-0.05, 0) is 30.2 Å². The maximum atomic E-state index is 11.0. The quantitative estimate of drug-likeness (QED) is 0.864. The van der Waals surface area contributed by atoms with Crippen LogP contribution in [0, 0.1) is 0 Å². The van der Waals surface area contributed by atoms with E-state index in [0.29, 0.717) is 6.42 Å². The van der Waals surface area contributed by atoms with Crippen LogP contribution >= 0.6 is 0 Å². The summed E-state index contributed by atoms with van der Waals surface area (Å²) in [5, 5.41) is 5.87. The van der Waals surface area contributed by atoms with E-state index < -0.39 is 0 Å². The Morgan fingerprint density at radius 3 is 2.58 bits per heavy atom. The number of hydrogen-bond donors (Lipinski definition) is 2. The molecule has 0 aliphatic heterocycles. The summed E-state index contributed by atoms with van der Waals surface area (Å²) in [6, 6.07) is 14.6. The Balaban J connectivity index is 2.16. The van der Waals surface area contributed by atoms with Crippen molar-refractivity contribution in [3.8, 4) is 0 Å². The van der Waals surface area contributed by atoms with Gasteiger partial charge in [0.2, 0.25) is 5.91 Å². The molecule has 0 saturated carbocycles. The van der Waals surface area contributed by atoms with Crippen molar-refractivity contribution in [1.82, 2.24) is 5.32 Å². The molecule has 0 bridgehead atoms. The molecule has 1 amide bonds. The lowest BCUT2D eigenvalue weighted by molar-refractivity contribution is -0.119. The molecule has 2 aromatic rings. The number of primary amides is 1. The topological polar surface area (TPSA) is 55.1 Å². The number of carbonyl (C=O) groups excluding carboxylic acids is 1. The van der Waals surface area contributed by atoms with Crippen molar-refractivity contribution in [2.45, 2.75) is 32.4 Å². The predicted molar refractivity (Wildman–Crippen MR) is 78.7 cm³/mol. The summed E-state index contributed by atoms with van der Waals surface area (Å²) in [5.74, 6) is -0.282. The van der Waals surface area contributed by atoms with E-state index >= 15 is 0 Å². The Morgan fingerprint density at radius 2 is 1.84 bits per heavy atom. The van der Waals surface area contributed by atoms with E-state index in [2.05, 4.69) is 35.6 Å². The van der Waals surface area contributed by atoms with Crippen LogP contribution < -0.4 is 11.1 Å². The van der Waals surface area contributed by atoms with Gasteiger partial charge in [-0.15, -0.1) is 0 Å². The fourth-order valence-corrected chi connectivity index (χ4v) is 2.28. The van der Waals surface area contributed by atoms with Gasteiger partial charge in [-0.25, -0.2) is 0 Å². The van der Waals surface area contributed by atoms with E-state index in [1.54, 1.807) is 0 Å². The number of benzene rings is 2. The van der Waals surface area contributed by atoms with Crippen LogP contribution in [0.4, 0.5) is 0 Å². The first-order chi connectivity index (χ1) is 8.98. The van der Waals surface area contributed by atoms with Crippen molar-refractivity contribution in [1.29, 1.82) is 0 Å². The molecule has 0 heterocycles. The Morgan fingerprint density at radius 1 is 1.16 bits per heavy atom. The fourth-order valence-electron chi connectivity index (χ4n) is 2.28. The van der Waals surface area contributed by atoms with Gasteiger partial charge >= 0.3 is 0 Å². The van der Waals surface area contributed by atoms with E-state index in [0.717, 1.165) is 6.54 Å². The number of rotatable bonds is 5. The second-order valence-electron chi connectivity index (χ2n) is 5.52. The highest BCUT2D eigenvalue weighted by molar-refractivity contribution is 5.85. The van der Waals surface area contributed by atoms with Crippen molar-refractivity contribution >= 4 is 16.7 Å². The molecule has 0 aliphatic rings. The van der Waals surface area contributed by atoms with Crippen molar-refractivity contribution in [3.63, 3.8) is 0 Å². The second-order valence-corrected chi connectivity index (χ2v) is 5.52. The van der Waals surface area contributed by atoms with Crippen LogP contribution in [-0.4, -0.2) is 11.4 Å². The molecular formula is C16H20N2O. The van der Waals surface area contributed by atoms with Crippen LogP contribution in [0.25, 0.3) is 10.8 Å². The lowest BCUT2D eigenvalue weighted by atomic mass is 9.98. The van der Waals surface area contributed by atoms with E-state index in [1.807, 2.05) is 26.0 Å². The van der Waals surface area contributed by atoms with Crippen LogP contribution in [0.2, 0.25) is 0 Å². The number of nitrogens with two attached hydrogens (primary N) is 1. The Labute approximate surface area is 113 Å². The van der Waals surface area contributed by atoms with Gasteiger partial charge in [0.25, 0.3) is 0 Å². The van der Waals surface area contributed by atoms with E-state index in [4.69, 9.17) is 5.73 Å². The minimum atomic E-state index is -0.289. The van der Waals surface area contributed by atoms with Crippen LogP contribution in [0.5, 0.6) is 0 Å². The summed E-state index contributed by atoms with van der Waals surface area (Å²) in [7, 11) is 0. The SMILES string of the molecule is CC(C)(CC(N)=O)NCc1cccc2ccccc12. The summed E-state index contributed by atoms with van der Waals surface area (Å²) in [6.07, 6.45) is 0.331. The number of fused-ring (bicyclic) bond motifs is 1. The lowest BCUT2D eigenvalue weighted by Gasteiger charge is -2.25. The zero-order valence-electron chi connectivity index (χ0n) is 11.4. The zero-order valence-corrected chi connectivity index (χ0v) is 11.4. The van der Waals surface area contributed by atoms with Gasteiger partial charge in [0, 0.05) is 18.5 Å². The molecule has 0 saturated heterocycles. The molecule has 0 atom stereocenters. The minimum absolute atomic E-state index is 0.282. The van der Waals surface area contributed by atoms with Crippen molar-refractivity contribution < 1.29 is 4.79 Å². The first-order valence-electron chi connectivity index (χ1n) is 6.48. The first-order valence-corrected chi connectivity index (χ1v) is 6.48. The molecular weight excluding hydrogens is 236 g/mol. The number of hydrogen-bond acceptors (Lipinski definition) is 2. The molecule has 2 aromatic carbocycles. The van der Waals surface area contributed by atoms with Crippen molar-refractivity contribution in [2.75, 3.05) is 0 Å². The third-order valence-electron chi connectivity index (χ3n) is 3.25. The van der Waals surface area contributed by atoms with Crippen LogP contribution in [0.1, 0.15) is 25.8 Å². The molecule has 2 rings (SSSR count). The second kappa shape index (κ2) is 5.41. The monoisotopic (exact) mass is 256 g/mol. The van der Waals surface area contributed by atoms with Gasteiger partial charge in [-0.2, -0.15) is 0 Å². The molecule has 3 heteroatoms. The summed E-state index contributed by atoms with van der Waals surface area (Å²) >= 11 is 0. The molecule has 3 N–H and O–H groups in total. The predicted octanol–water partition coefficient (Wildman–Crippen LogP) is 2.58. The van der Waals surface area contributed by atoms with Crippen LogP contribution in [-0.2, 0) is 11.3 Å². The summed E-state index contributed by atoms with van der Waals surface area (Å²) < 4.78 is 0. The summed E-state index contributed by atoms with van der Waals surface area (Å²) in [4.78, 5) is 11.0. The minimum Gasteiger partial charge on any atom is -0.370 e. The highest BCUT2D eigenvalue weighted by Crippen LogP contribution is 2.19. The Kier molecular flexibility index (Phi) is 3.86. The molecule has 3 nitrogen and oxygen atoms in total. The first kappa shape index (κ1) is 13.6. The van der Waals surface area contributed by atoms with Gasteiger partial charge in [0.05, 0.1) is 0 Å². The summed E-state index contributed by atoms with van der Waals surface area (Å²) in [5.41, 5.74) is 6.20. The smallest absolute Gasteiger partial charge is 0.219 e. The molecule has 100 valence electrons. The van der Waals surface area contributed by atoms with E-state index in [-0.39, 0.29) is 11.4 Å². The highest BCUT2D eigenvalue weighted by atomic mass is 16.1. The van der Waals surface area contributed by atoms with Crippen LogP contribution in [0.15, 0.2) is 42.5 Å². The fraction of sp³-hybridized carbons (Fsp3) is 0.312. The molecule has 0 radical (unpaired) electrons. The molecule has 0 unspecified atom stereocenters. The van der Waals surface area contributed by atoms with Gasteiger partial charge in [0.15, 0.2) is 0 Å². The standard InChI is InChI=1S/C16H20N2O/c1-16(2,10-15(17)19)18-11-13-8-5-7-12-6-3-4-9-14(12)13/h3-9,18H,10-11H2,1-2H3,(H2,17,19). The van der Waals surface area contributed by atoms with Gasteiger partial charge in [0.1, 0.15) is 0 Å². The number of amides is 1. The van der Waals surface area contributed by atoms with E-state index in [1.165, 1.54) is 16.3 Å².